The Kier molecular flexibility index (Phi) is 6.53. The average molecular weight is 394 g/mol. The first-order valence-corrected chi connectivity index (χ1v) is 10.0. The van der Waals surface area contributed by atoms with Gasteiger partial charge in [0.2, 0.25) is 5.91 Å². The van der Waals surface area contributed by atoms with Gasteiger partial charge in [0, 0.05) is 38.4 Å². The van der Waals surface area contributed by atoms with Gasteiger partial charge in [0.15, 0.2) is 0 Å². The molecule has 2 heterocycles. The van der Waals surface area contributed by atoms with Crippen molar-refractivity contribution in [2.24, 2.45) is 0 Å². The largest absolute Gasteiger partial charge is 0.495 e. The summed E-state index contributed by atoms with van der Waals surface area (Å²) in [6, 6.07) is 7.26. The fraction of sp³-hybridized carbons (Fsp3) is 0.421. The number of methoxy groups -OCH3 is 1. The minimum absolute atomic E-state index is 0.0162. The molecule has 2 aromatic rings. The highest BCUT2D eigenvalue weighted by molar-refractivity contribution is 7.07. The van der Waals surface area contributed by atoms with E-state index in [2.05, 4.69) is 31.9 Å². The first-order chi connectivity index (χ1) is 12.6. The van der Waals surface area contributed by atoms with Crippen LogP contribution in [-0.2, 0) is 11.3 Å². The van der Waals surface area contributed by atoms with Gasteiger partial charge in [-0.25, -0.2) is 0 Å². The normalized spacial score (nSPS) is 17.0. The van der Waals surface area contributed by atoms with E-state index >= 15 is 0 Å². The number of benzene rings is 1. The van der Waals surface area contributed by atoms with Crippen LogP contribution in [0.4, 0.5) is 5.69 Å². The summed E-state index contributed by atoms with van der Waals surface area (Å²) in [6.45, 7) is 6.67. The van der Waals surface area contributed by atoms with E-state index in [1.54, 1.807) is 36.6 Å². The van der Waals surface area contributed by atoms with E-state index in [0.717, 1.165) is 32.7 Å². The summed E-state index contributed by atoms with van der Waals surface area (Å²) < 4.78 is 5.14. The second-order valence-electron chi connectivity index (χ2n) is 6.46. The van der Waals surface area contributed by atoms with Crippen LogP contribution in [0.15, 0.2) is 35.0 Å². The molecule has 1 saturated heterocycles. The zero-order valence-electron chi connectivity index (χ0n) is 15.1. The minimum atomic E-state index is -0.181. The number of hydrogen-bond acceptors (Lipinski definition) is 5. The van der Waals surface area contributed by atoms with Gasteiger partial charge >= 0.3 is 0 Å². The molecule has 5 nitrogen and oxygen atoms in total. The molecule has 0 bridgehead atoms. The molecular weight excluding hydrogens is 370 g/mol. The molecule has 1 amide bonds. The van der Waals surface area contributed by atoms with E-state index < -0.39 is 0 Å². The van der Waals surface area contributed by atoms with E-state index in [1.165, 1.54) is 5.56 Å². The van der Waals surface area contributed by atoms with Crippen molar-refractivity contribution in [2.75, 3.05) is 38.6 Å². The standard InChI is InChI=1S/C19H24ClN3O2S/c1-14(19(24)21-16-3-4-18(25-2)17(20)11-16)23-8-6-22(7-9-23)12-15-5-10-26-13-15/h3-5,10-11,13-14H,6-9,12H2,1-2H3,(H,21,24). The maximum atomic E-state index is 12.6. The van der Waals surface area contributed by atoms with Gasteiger partial charge in [0.1, 0.15) is 5.75 Å². The number of anilines is 1. The first kappa shape index (κ1) is 19.2. The molecule has 1 aliphatic rings. The zero-order valence-corrected chi connectivity index (χ0v) is 16.6. The molecule has 140 valence electrons. The van der Waals surface area contributed by atoms with E-state index in [4.69, 9.17) is 16.3 Å². The summed E-state index contributed by atoms with van der Waals surface area (Å²) >= 11 is 7.86. The fourth-order valence-corrected chi connectivity index (χ4v) is 4.02. The van der Waals surface area contributed by atoms with Crippen molar-refractivity contribution in [2.45, 2.75) is 19.5 Å². The van der Waals surface area contributed by atoms with Gasteiger partial charge in [-0.1, -0.05) is 11.6 Å². The third-order valence-electron chi connectivity index (χ3n) is 4.74. The number of rotatable bonds is 6. The molecule has 0 aliphatic carbocycles. The lowest BCUT2D eigenvalue weighted by molar-refractivity contribution is -0.121. The molecule has 3 rings (SSSR count). The molecule has 0 radical (unpaired) electrons. The van der Waals surface area contributed by atoms with Crippen LogP contribution in [0.2, 0.25) is 5.02 Å². The Bertz CT molecular complexity index is 730. The lowest BCUT2D eigenvalue weighted by atomic mass is 10.2. The second-order valence-corrected chi connectivity index (χ2v) is 7.65. The number of nitrogens with one attached hydrogen (secondary N) is 1. The number of halogens is 1. The van der Waals surface area contributed by atoms with Crippen LogP contribution in [0.3, 0.4) is 0 Å². The van der Waals surface area contributed by atoms with Gasteiger partial charge < -0.3 is 10.1 Å². The number of hydrogen-bond donors (Lipinski definition) is 1. The third-order valence-corrected chi connectivity index (χ3v) is 5.77. The summed E-state index contributed by atoms with van der Waals surface area (Å²) in [4.78, 5) is 17.2. The summed E-state index contributed by atoms with van der Waals surface area (Å²) in [5, 5.41) is 7.74. The Morgan fingerprint density at radius 2 is 2.08 bits per heavy atom. The molecular formula is C19H24ClN3O2S. The summed E-state index contributed by atoms with van der Waals surface area (Å²) in [7, 11) is 1.57. The quantitative estimate of drug-likeness (QED) is 0.815. The number of ether oxygens (including phenoxy) is 1. The van der Waals surface area contributed by atoms with Crippen molar-refractivity contribution < 1.29 is 9.53 Å². The molecule has 1 N–H and O–H groups in total. The van der Waals surface area contributed by atoms with Crippen molar-refractivity contribution >= 4 is 34.5 Å². The fourth-order valence-electron chi connectivity index (χ4n) is 3.11. The maximum absolute atomic E-state index is 12.6. The molecule has 1 aromatic carbocycles. The van der Waals surface area contributed by atoms with Gasteiger partial charge in [-0.15, -0.1) is 0 Å². The second kappa shape index (κ2) is 8.86. The van der Waals surface area contributed by atoms with Crippen LogP contribution < -0.4 is 10.1 Å². The van der Waals surface area contributed by atoms with E-state index in [1.807, 2.05) is 6.92 Å². The van der Waals surface area contributed by atoms with Crippen LogP contribution in [-0.4, -0.2) is 55.0 Å². The molecule has 1 aliphatic heterocycles. The smallest absolute Gasteiger partial charge is 0.241 e. The lowest BCUT2D eigenvalue weighted by Crippen LogP contribution is -2.52. The van der Waals surface area contributed by atoms with E-state index in [9.17, 15) is 4.79 Å². The van der Waals surface area contributed by atoms with Crippen LogP contribution in [0, 0.1) is 0 Å². The van der Waals surface area contributed by atoms with Gasteiger partial charge in [-0.2, -0.15) is 11.3 Å². The Hall–Kier alpha value is -1.60. The molecule has 1 fully saturated rings. The SMILES string of the molecule is COc1ccc(NC(=O)C(C)N2CCN(Cc3ccsc3)CC2)cc1Cl. The van der Waals surface area contributed by atoms with Crippen LogP contribution in [0.5, 0.6) is 5.75 Å². The van der Waals surface area contributed by atoms with Gasteiger partial charge in [-0.05, 0) is 47.5 Å². The molecule has 1 unspecified atom stereocenters. The molecule has 26 heavy (non-hydrogen) atoms. The number of thiophene rings is 1. The highest BCUT2D eigenvalue weighted by Gasteiger charge is 2.25. The van der Waals surface area contributed by atoms with Crippen molar-refractivity contribution in [3.63, 3.8) is 0 Å². The predicted molar refractivity (Wildman–Crippen MR) is 107 cm³/mol. The number of nitrogens with zero attached hydrogens (tertiary/aromatic N) is 2. The monoisotopic (exact) mass is 393 g/mol. The topological polar surface area (TPSA) is 44.8 Å². The van der Waals surface area contributed by atoms with Gasteiger partial charge in [0.25, 0.3) is 0 Å². The number of carbonyl (C=O) groups is 1. The predicted octanol–water partition coefficient (Wildman–Crippen LogP) is 3.55. The molecule has 1 atom stereocenters. The van der Waals surface area contributed by atoms with Crippen LogP contribution in [0.1, 0.15) is 12.5 Å². The lowest BCUT2D eigenvalue weighted by Gasteiger charge is -2.37. The third kappa shape index (κ3) is 4.76. The average Bonchev–Trinajstić information content (AvgIpc) is 3.15. The van der Waals surface area contributed by atoms with Gasteiger partial charge in [0.05, 0.1) is 18.2 Å². The Balaban J connectivity index is 1.50. The maximum Gasteiger partial charge on any atom is 0.241 e. The first-order valence-electron chi connectivity index (χ1n) is 8.68. The molecule has 0 saturated carbocycles. The zero-order chi connectivity index (χ0) is 18.5. The van der Waals surface area contributed by atoms with Gasteiger partial charge in [-0.3, -0.25) is 14.6 Å². The van der Waals surface area contributed by atoms with Crippen LogP contribution in [0.25, 0.3) is 0 Å². The van der Waals surface area contributed by atoms with Crippen molar-refractivity contribution in [3.05, 3.63) is 45.6 Å². The number of piperazine rings is 1. The highest BCUT2D eigenvalue weighted by Crippen LogP contribution is 2.27. The molecule has 1 aromatic heterocycles. The van der Waals surface area contributed by atoms with Crippen molar-refractivity contribution in [1.82, 2.24) is 9.80 Å². The van der Waals surface area contributed by atoms with Crippen molar-refractivity contribution in [1.29, 1.82) is 0 Å². The van der Waals surface area contributed by atoms with E-state index in [-0.39, 0.29) is 11.9 Å². The Morgan fingerprint density at radius 1 is 1.31 bits per heavy atom. The summed E-state index contributed by atoms with van der Waals surface area (Å²) in [5.41, 5.74) is 2.05. The molecule has 7 heteroatoms. The van der Waals surface area contributed by atoms with Crippen molar-refractivity contribution in [3.8, 4) is 5.75 Å². The highest BCUT2D eigenvalue weighted by atomic mass is 35.5. The number of amides is 1. The summed E-state index contributed by atoms with van der Waals surface area (Å²) in [6.07, 6.45) is 0. The van der Waals surface area contributed by atoms with E-state index in [0.29, 0.717) is 16.5 Å². The Labute approximate surface area is 163 Å². The minimum Gasteiger partial charge on any atom is -0.495 e. The summed E-state index contributed by atoms with van der Waals surface area (Å²) in [5.74, 6) is 0.581. The number of carbonyl (C=O) groups excluding carboxylic acids is 1. The van der Waals surface area contributed by atoms with Crippen LogP contribution >= 0.6 is 22.9 Å². The molecule has 0 spiro atoms. The Morgan fingerprint density at radius 3 is 2.69 bits per heavy atom.